The van der Waals surface area contributed by atoms with E-state index in [4.69, 9.17) is 5.11 Å². The Hall–Kier alpha value is -2.46. The quantitative estimate of drug-likeness (QED) is 0.237. The van der Waals surface area contributed by atoms with Crippen molar-refractivity contribution in [3.63, 3.8) is 0 Å². The molecule has 2 heterocycles. The number of aliphatic hydroxyl groups is 1. The lowest BCUT2D eigenvalue weighted by Gasteiger charge is -2.40. The molecule has 2 rings (SSSR count). The van der Waals surface area contributed by atoms with Crippen molar-refractivity contribution in [3.8, 4) is 0 Å². The number of likely N-dealkylation sites (N-methyl/N-ethyl adjacent to an activating group) is 1. The van der Waals surface area contributed by atoms with Gasteiger partial charge in [0.1, 0.15) is 6.04 Å². The first-order valence-corrected chi connectivity index (χ1v) is 16.6. The zero-order chi connectivity index (χ0) is 34.0. The number of likely N-dealkylation sites (tertiary alicyclic amines) is 2. The van der Waals surface area contributed by atoms with Crippen LogP contribution in [0.5, 0.6) is 0 Å². The number of carbonyl (C=O) groups is 4. The molecule has 2 fully saturated rings. The summed E-state index contributed by atoms with van der Waals surface area (Å²) >= 11 is 0. The molecule has 10 nitrogen and oxygen atoms in total. The van der Waals surface area contributed by atoms with Gasteiger partial charge in [-0.3, -0.25) is 24.1 Å². The maximum atomic E-state index is 13.3. The van der Waals surface area contributed by atoms with E-state index in [0.717, 1.165) is 51.7 Å². The Balaban J connectivity index is 0.00000130. The first-order chi connectivity index (χ1) is 20.6. The number of rotatable bonds is 11. The van der Waals surface area contributed by atoms with Crippen LogP contribution in [-0.4, -0.2) is 108 Å². The molecule has 44 heavy (non-hydrogen) atoms. The second-order valence-electron chi connectivity index (χ2n) is 13.8. The molecule has 2 saturated heterocycles. The molecule has 3 atom stereocenters. The van der Waals surface area contributed by atoms with Gasteiger partial charge in [-0.1, -0.05) is 67.4 Å². The Kier molecular flexibility index (Phi) is 20.1. The standard InChI is InChI=1S/C25H44N4O3.C6H13NO2.C3H8/c1-18(2)29-16-9-8-12-20(29)22(30)26-21(25(4,5)6)24(32)27(7)17-13-19(3)23(31)28-14-10-11-15-28;1-5(2)6(3-8)7-4-9;1-3-2/h13,18,20-21H,8-12,14-17H2,1-7H3,(H,26,30);4-6,8H,3H2,1-2H3,(H,7,9);3H2,1-2H3/b19-13+;;. The number of piperidine rings is 1. The fourth-order valence-corrected chi connectivity index (χ4v) is 5.13. The van der Waals surface area contributed by atoms with Crippen molar-refractivity contribution >= 4 is 24.1 Å². The van der Waals surface area contributed by atoms with Crippen molar-refractivity contribution < 1.29 is 24.3 Å². The minimum absolute atomic E-state index is 0.0103. The van der Waals surface area contributed by atoms with E-state index in [0.29, 0.717) is 30.5 Å². The molecule has 0 aliphatic carbocycles. The zero-order valence-electron chi connectivity index (χ0n) is 29.7. The van der Waals surface area contributed by atoms with E-state index in [1.165, 1.54) is 6.42 Å². The summed E-state index contributed by atoms with van der Waals surface area (Å²) in [6.07, 6.45) is 8.76. The summed E-state index contributed by atoms with van der Waals surface area (Å²) in [5, 5.41) is 14.2. The fraction of sp³-hybridized carbons (Fsp3) is 0.824. The maximum absolute atomic E-state index is 13.3. The normalized spacial score (nSPS) is 18.8. The number of carbonyl (C=O) groups excluding carboxylic acids is 4. The number of nitrogens with one attached hydrogen (secondary N) is 2. The molecular formula is C34H65N5O5. The summed E-state index contributed by atoms with van der Waals surface area (Å²) in [5.74, 6) is 0.154. The predicted octanol–water partition coefficient (Wildman–Crippen LogP) is 3.97. The number of nitrogens with zero attached hydrogens (tertiary/aromatic N) is 3. The van der Waals surface area contributed by atoms with E-state index in [1.54, 1.807) is 11.9 Å². The topological polar surface area (TPSA) is 122 Å². The number of hydrogen-bond donors (Lipinski definition) is 3. The lowest BCUT2D eigenvalue weighted by molar-refractivity contribution is -0.140. The Morgan fingerprint density at radius 1 is 1.00 bits per heavy atom. The van der Waals surface area contributed by atoms with Crippen molar-refractivity contribution in [3.05, 3.63) is 11.6 Å². The van der Waals surface area contributed by atoms with Crippen molar-refractivity contribution in [2.24, 2.45) is 11.3 Å². The second kappa shape index (κ2) is 21.3. The number of aliphatic hydroxyl groups excluding tert-OH is 1. The molecule has 0 aromatic carbocycles. The smallest absolute Gasteiger partial charge is 0.249 e. The highest BCUT2D eigenvalue weighted by molar-refractivity contribution is 5.93. The summed E-state index contributed by atoms with van der Waals surface area (Å²) in [4.78, 5) is 54.6. The molecule has 0 saturated carbocycles. The summed E-state index contributed by atoms with van der Waals surface area (Å²) in [6, 6.07) is -0.618. The Bertz CT molecular complexity index is 893. The van der Waals surface area contributed by atoms with Crippen LogP contribution in [0.15, 0.2) is 11.6 Å². The molecule has 0 spiro atoms. The maximum Gasteiger partial charge on any atom is 0.249 e. The minimum atomic E-state index is -0.626. The lowest BCUT2D eigenvalue weighted by Crippen LogP contribution is -2.59. The van der Waals surface area contributed by atoms with E-state index < -0.39 is 11.5 Å². The van der Waals surface area contributed by atoms with Crippen molar-refractivity contribution in [1.82, 2.24) is 25.3 Å². The zero-order valence-corrected chi connectivity index (χ0v) is 29.7. The number of amides is 4. The van der Waals surface area contributed by atoms with Gasteiger partial charge in [0.2, 0.25) is 24.1 Å². The van der Waals surface area contributed by atoms with Gasteiger partial charge in [0.25, 0.3) is 0 Å². The van der Waals surface area contributed by atoms with Crippen LogP contribution in [0.4, 0.5) is 0 Å². The van der Waals surface area contributed by atoms with Crippen molar-refractivity contribution in [1.29, 1.82) is 0 Å². The Labute approximate surface area is 268 Å². The molecule has 256 valence electrons. The van der Waals surface area contributed by atoms with Crippen LogP contribution in [0, 0.1) is 11.3 Å². The highest BCUT2D eigenvalue weighted by atomic mass is 16.3. The van der Waals surface area contributed by atoms with Crippen LogP contribution in [-0.2, 0) is 19.2 Å². The predicted molar refractivity (Wildman–Crippen MR) is 179 cm³/mol. The van der Waals surface area contributed by atoms with Crippen LogP contribution in [0.1, 0.15) is 108 Å². The van der Waals surface area contributed by atoms with Crippen LogP contribution in [0.2, 0.25) is 0 Å². The van der Waals surface area contributed by atoms with Crippen LogP contribution in [0.3, 0.4) is 0 Å². The monoisotopic (exact) mass is 623 g/mol. The average Bonchev–Trinajstić information content (AvgIpc) is 3.51. The van der Waals surface area contributed by atoms with Gasteiger partial charge in [0.15, 0.2) is 0 Å². The largest absolute Gasteiger partial charge is 0.394 e. The minimum Gasteiger partial charge on any atom is -0.394 e. The van der Waals surface area contributed by atoms with Gasteiger partial charge >= 0.3 is 0 Å². The van der Waals surface area contributed by atoms with E-state index in [9.17, 15) is 19.2 Å². The molecular weight excluding hydrogens is 558 g/mol. The Morgan fingerprint density at radius 3 is 1.98 bits per heavy atom. The third kappa shape index (κ3) is 14.5. The van der Waals surface area contributed by atoms with Gasteiger partial charge in [0, 0.05) is 38.3 Å². The first kappa shape index (κ1) is 41.5. The van der Waals surface area contributed by atoms with Crippen molar-refractivity contribution in [2.75, 3.05) is 39.8 Å². The van der Waals surface area contributed by atoms with Crippen LogP contribution in [0.25, 0.3) is 0 Å². The summed E-state index contributed by atoms with van der Waals surface area (Å²) in [6.45, 7) is 23.0. The second-order valence-corrected chi connectivity index (χ2v) is 13.8. The molecule has 2 aliphatic heterocycles. The molecule has 10 heteroatoms. The summed E-state index contributed by atoms with van der Waals surface area (Å²) in [7, 11) is 1.73. The van der Waals surface area contributed by atoms with E-state index >= 15 is 0 Å². The number of hydrogen-bond acceptors (Lipinski definition) is 6. The van der Waals surface area contributed by atoms with Crippen LogP contribution >= 0.6 is 0 Å². The summed E-state index contributed by atoms with van der Waals surface area (Å²) in [5.41, 5.74) is 0.236. The Morgan fingerprint density at radius 2 is 1.55 bits per heavy atom. The van der Waals surface area contributed by atoms with Gasteiger partial charge in [-0.05, 0) is 64.3 Å². The SMILES string of the molecule is C/C(=C\CN(C)C(=O)C(NC(=O)C1CCCCN1C(C)C)C(C)(C)C)C(=O)N1CCCC1.CC(C)C(CO)NC=O.CCC. The third-order valence-electron chi connectivity index (χ3n) is 7.97. The molecule has 0 bridgehead atoms. The van der Waals surface area contributed by atoms with Crippen molar-refractivity contribution in [2.45, 2.75) is 132 Å². The highest BCUT2D eigenvalue weighted by Gasteiger charge is 2.38. The average molecular weight is 624 g/mol. The summed E-state index contributed by atoms with van der Waals surface area (Å²) < 4.78 is 0. The van der Waals surface area contributed by atoms with E-state index in [1.807, 2.05) is 52.5 Å². The molecule has 0 radical (unpaired) electrons. The lowest BCUT2D eigenvalue weighted by atomic mass is 9.85. The third-order valence-corrected chi connectivity index (χ3v) is 7.97. The molecule has 2 aliphatic rings. The van der Waals surface area contributed by atoms with Gasteiger partial charge in [-0.25, -0.2) is 0 Å². The fourth-order valence-electron chi connectivity index (χ4n) is 5.13. The van der Waals surface area contributed by atoms with E-state index in [-0.39, 0.29) is 36.4 Å². The van der Waals surface area contributed by atoms with Gasteiger partial charge in [0.05, 0.1) is 18.7 Å². The van der Waals surface area contributed by atoms with Gasteiger partial charge in [-0.2, -0.15) is 0 Å². The first-order valence-electron chi connectivity index (χ1n) is 16.6. The van der Waals surface area contributed by atoms with Gasteiger partial charge < -0.3 is 25.5 Å². The molecule has 4 amide bonds. The van der Waals surface area contributed by atoms with Gasteiger partial charge in [-0.15, -0.1) is 0 Å². The molecule has 3 N–H and O–H groups in total. The van der Waals surface area contributed by atoms with E-state index in [2.05, 4.69) is 43.2 Å². The molecule has 3 unspecified atom stereocenters. The van der Waals surface area contributed by atoms with Crippen LogP contribution < -0.4 is 10.6 Å². The molecule has 0 aromatic heterocycles. The molecule has 0 aromatic rings. The highest BCUT2D eigenvalue weighted by Crippen LogP contribution is 2.24.